The zero-order chi connectivity index (χ0) is 17.6. The third-order valence-corrected chi connectivity index (χ3v) is 4.97. The van der Waals surface area contributed by atoms with E-state index in [0.717, 1.165) is 37.0 Å². The summed E-state index contributed by atoms with van der Waals surface area (Å²) in [5, 5.41) is 14.1. The van der Waals surface area contributed by atoms with E-state index in [2.05, 4.69) is 10.3 Å². The number of carbonyl (C=O) groups excluding carboxylic acids is 1. The van der Waals surface area contributed by atoms with Gasteiger partial charge in [0, 0.05) is 24.1 Å². The first-order valence-electron chi connectivity index (χ1n) is 8.28. The maximum atomic E-state index is 12.1. The van der Waals surface area contributed by atoms with Crippen molar-refractivity contribution in [3.8, 4) is 10.6 Å². The van der Waals surface area contributed by atoms with Crippen molar-refractivity contribution in [2.45, 2.75) is 38.3 Å². The highest BCUT2D eigenvalue weighted by atomic mass is 32.1. The fraction of sp³-hybridized carbons (Fsp3) is 0.389. The lowest BCUT2D eigenvalue weighted by Gasteiger charge is -2.21. The van der Waals surface area contributed by atoms with Crippen molar-refractivity contribution in [3.05, 3.63) is 40.9 Å². The fourth-order valence-corrected chi connectivity index (χ4v) is 3.56. The van der Waals surface area contributed by atoms with E-state index in [9.17, 15) is 9.59 Å². The number of ether oxygens (including phenoxy) is 1. The molecule has 0 radical (unpaired) electrons. The summed E-state index contributed by atoms with van der Waals surface area (Å²) in [5.41, 5.74) is 1.84. The van der Waals surface area contributed by atoms with Gasteiger partial charge in [-0.1, -0.05) is 18.2 Å². The molecule has 2 heterocycles. The molecule has 1 unspecified atom stereocenters. The van der Waals surface area contributed by atoms with Gasteiger partial charge in [-0.25, -0.2) is 9.78 Å². The van der Waals surface area contributed by atoms with Gasteiger partial charge in [0.05, 0.1) is 12.5 Å². The van der Waals surface area contributed by atoms with E-state index in [4.69, 9.17) is 9.84 Å². The van der Waals surface area contributed by atoms with Crippen molar-refractivity contribution in [1.29, 1.82) is 0 Å². The first-order chi connectivity index (χ1) is 12.1. The second-order valence-electron chi connectivity index (χ2n) is 6.01. The summed E-state index contributed by atoms with van der Waals surface area (Å²) in [7, 11) is 0. The molecule has 1 fully saturated rings. The molecule has 1 aromatic carbocycles. The number of aromatic nitrogens is 1. The minimum absolute atomic E-state index is 0.0142. The largest absolute Gasteiger partial charge is 0.476 e. The SMILES string of the molecule is O=C(CC1CCCCO1)NCc1cccc(-c2nc(C(=O)O)cs2)c1. The Morgan fingerprint density at radius 1 is 1.36 bits per heavy atom. The number of amides is 1. The number of thiazole rings is 1. The van der Waals surface area contributed by atoms with E-state index in [1.165, 1.54) is 16.7 Å². The Morgan fingerprint density at radius 2 is 2.24 bits per heavy atom. The van der Waals surface area contributed by atoms with Crippen molar-refractivity contribution in [2.24, 2.45) is 0 Å². The maximum Gasteiger partial charge on any atom is 0.355 e. The average Bonchev–Trinajstić information content (AvgIpc) is 3.12. The highest BCUT2D eigenvalue weighted by Crippen LogP contribution is 2.24. The highest BCUT2D eigenvalue weighted by molar-refractivity contribution is 7.13. The van der Waals surface area contributed by atoms with Gasteiger partial charge >= 0.3 is 5.97 Å². The Labute approximate surface area is 149 Å². The zero-order valence-electron chi connectivity index (χ0n) is 13.7. The number of benzene rings is 1. The predicted octanol–water partition coefficient (Wildman–Crippen LogP) is 3.08. The van der Waals surface area contributed by atoms with Crippen LogP contribution in [0.25, 0.3) is 10.6 Å². The molecule has 6 nitrogen and oxygen atoms in total. The standard InChI is InChI=1S/C18H20N2O4S/c21-16(9-14-6-1-2-7-24-14)19-10-12-4-3-5-13(8-12)17-20-15(11-25-17)18(22)23/h3-5,8,11,14H,1-2,6-7,9-10H2,(H,19,21)(H,22,23). The summed E-state index contributed by atoms with van der Waals surface area (Å²) in [6.07, 6.45) is 3.56. The lowest BCUT2D eigenvalue weighted by atomic mass is 10.1. The van der Waals surface area contributed by atoms with Gasteiger partial charge in [-0.05, 0) is 30.9 Å². The smallest absolute Gasteiger partial charge is 0.355 e. The van der Waals surface area contributed by atoms with Crippen LogP contribution in [0, 0.1) is 0 Å². The van der Waals surface area contributed by atoms with Crippen LogP contribution in [0.15, 0.2) is 29.6 Å². The number of carboxylic acid groups (broad SMARTS) is 1. The van der Waals surface area contributed by atoms with E-state index < -0.39 is 5.97 Å². The molecule has 1 aromatic heterocycles. The second kappa shape index (κ2) is 8.22. The number of nitrogens with one attached hydrogen (secondary N) is 1. The highest BCUT2D eigenvalue weighted by Gasteiger charge is 2.17. The minimum Gasteiger partial charge on any atom is -0.476 e. The molecular weight excluding hydrogens is 340 g/mol. The number of nitrogens with zero attached hydrogens (tertiary/aromatic N) is 1. The topological polar surface area (TPSA) is 88.5 Å². The van der Waals surface area contributed by atoms with Gasteiger partial charge in [0.15, 0.2) is 5.69 Å². The van der Waals surface area contributed by atoms with E-state index in [1.54, 1.807) is 0 Å². The molecule has 2 aromatic rings. The average molecular weight is 360 g/mol. The molecule has 1 saturated heterocycles. The van der Waals surface area contributed by atoms with Crippen LogP contribution < -0.4 is 5.32 Å². The Bertz CT molecular complexity index is 753. The monoisotopic (exact) mass is 360 g/mol. The molecule has 7 heteroatoms. The summed E-state index contributed by atoms with van der Waals surface area (Å²) in [5.74, 6) is -1.05. The number of hydrogen-bond donors (Lipinski definition) is 2. The molecule has 0 bridgehead atoms. The van der Waals surface area contributed by atoms with Crippen molar-refractivity contribution in [3.63, 3.8) is 0 Å². The normalized spacial score (nSPS) is 17.2. The second-order valence-corrected chi connectivity index (χ2v) is 6.87. The van der Waals surface area contributed by atoms with Crippen LogP contribution in [0.4, 0.5) is 0 Å². The molecule has 0 spiro atoms. The van der Waals surface area contributed by atoms with Crippen molar-refractivity contribution in [1.82, 2.24) is 10.3 Å². The van der Waals surface area contributed by atoms with Gasteiger partial charge in [0.1, 0.15) is 5.01 Å². The fourth-order valence-electron chi connectivity index (χ4n) is 2.77. The first kappa shape index (κ1) is 17.6. The van der Waals surface area contributed by atoms with Crippen LogP contribution >= 0.6 is 11.3 Å². The molecule has 0 aliphatic carbocycles. The van der Waals surface area contributed by atoms with Crippen LogP contribution in [-0.2, 0) is 16.1 Å². The summed E-state index contributed by atoms with van der Waals surface area (Å²) < 4.78 is 5.58. The van der Waals surface area contributed by atoms with Crippen LogP contribution in [0.5, 0.6) is 0 Å². The van der Waals surface area contributed by atoms with Gasteiger partial charge in [0.2, 0.25) is 5.91 Å². The third kappa shape index (κ3) is 4.87. The molecule has 0 saturated carbocycles. The zero-order valence-corrected chi connectivity index (χ0v) is 14.6. The van der Waals surface area contributed by atoms with Gasteiger partial charge in [-0.15, -0.1) is 11.3 Å². The van der Waals surface area contributed by atoms with E-state index in [-0.39, 0.29) is 17.7 Å². The summed E-state index contributed by atoms with van der Waals surface area (Å²) in [6.45, 7) is 1.17. The maximum absolute atomic E-state index is 12.1. The molecule has 1 aliphatic rings. The molecular formula is C18H20N2O4S. The van der Waals surface area contributed by atoms with Crippen molar-refractivity contribution >= 4 is 23.2 Å². The Morgan fingerprint density at radius 3 is 2.96 bits per heavy atom. The summed E-state index contributed by atoms with van der Waals surface area (Å²) in [4.78, 5) is 27.1. The number of carbonyl (C=O) groups is 2. The van der Waals surface area contributed by atoms with Gasteiger partial charge in [0.25, 0.3) is 0 Å². The quantitative estimate of drug-likeness (QED) is 0.826. The van der Waals surface area contributed by atoms with E-state index >= 15 is 0 Å². The Kier molecular flexibility index (Phi) is 5.78. The molecule has 1 aliphatic heterocycles. The Balaban J connectivity index is 1.57. The predicted molar refractivity (Wildman–Crippen MR) is 94.6 cm³/mol. The summed E-state index contributed by atoms with van der Waals surface area (Å²) in [6, 6.07) is 7.60. The van der Waals surface area contributed by atoms with Crippen molar-refractivity contribution in [2.75, 3.05) is 6.61 Å². The van der Waals surface area contributed by atoms with Crippen molar-refractivity contribution < 1.29 is 19.4 Å². The Hall–Kier alpha value is -2.25. The van der Waals surface area contributed by atoms with Gasteiger partial charge < -0.3 is 15.2 Å². The molecule has 1 amide bonds. The van der Waals surface area contributed by atoms with Gasteiger partial charge in [-0.3, -0.25) is 4.79 Å². The van der Waals surface area contributed by atoms with Crippen LogP contribution in [0.1, 0.15) is 41.7 Å². The molecule has 1 atom stereocenters. The van der Waals surface area contributed by atoms with E-state index in [0.29, 0.717) is 18.0 Å². The third-order valence-electron chi connectivity index (χ3n) is 4.07. The van der Waals surface area contributed by atoms with Gasteiger partial charge in [-0.2, -0.15) is 0 Å². The number of carboxylic acids is 1. The number of aromatic carboxylic acids is 1. The molecule has 25 heavy (non-hydrogen) atoms. The lowest BCUT2D eigenvalue weighted by molar-refractivity contribution is -0.125. The molecule has 3 rings (SSSR count). The summed E-state index contributed by atoms with van der Waals surface area (Å²) >= 11 is 1.29. The number of hydrogen-bond acceptors (Lipinski definition) is 5. The minimum atomic E-state index is -1.03. The van der Waals surface area contributed by atoms with E-state index in [1.807, 2.05) is 24.3 Å². The van der Waals surface area contributed by atoms with Crippen LogP contribution in [0.2, 0.25) is 0 Å². The van der Waals surface area contributed by atoms with Crippen LogP contribution in [-0.4, -0.2) is 34.7 Å². The first-order valence-corrected chi connectivity index (χ1v) is 9.16. The molecule has 132 valence electrons. The lowest BCUT2D eigenvalue weighted by Crippen LogP contribution is -2.30. The van der Waals surface area contributed by atoms with Crippen LogP contribution in [0.3, 0.4) is 0 Å². The molecule has 2 N–H and O–H groups in total. The number of rotatable bonds is 6.